The SMILES string of the molecule is Cc1[nH]ncc1-c1cc2c(c(C(F)(F)F)c1)CN(c1cccc(C(C)Cc3nncn3C)c1)C2=O. The molecule has 1 aliphatic heterocycles. The number of rotatable bonds is 5. The molecular formula is C25H23F3N6O. The molecule has 35 heavy (non-hydrogen) atoms. The van der Waals surface area contributed by atoms with Gasteiger partial charge in [0.1, 0.15) is 12.2 Å². The van der Waals surface area contributed by atoms with Gasteiger partial charge in [0, 0.05) is 36.0 Å². The summed E-state index contributed by atoms with van der Waals surface area (Å²) < 4.78 is 44.0. The van der Waals surface area contributed by atoms with E-state index in [4.69, 9.17) is 0 Å². The van der Waals surface area contributed by atoms with Crippen LogP contribution >= 0.6 is 0 Å². The molecular weight excluding hydrogens is 457 g/mol. The number of aryl methyl sites for hydroxylation is 2. The molecule has 1 unspecified atom stereocenters. The first-order chi connectivity index (χ1) is 16.6. The van der Waals surface area contributed by atoms with Gasteiger partial charge in [-0.25, -0.2) is 0 Å². The quantitative estimate of drug-likeness (QED) is 0.434. The van der Waals surface area contributed by atoms with Crippen molar-refractivity contribution in [3.05, 3.63) is 82.7 Å². The van der Waals surface area contributed by atoms with E-state index >= 15 is 0 Å². The lowest BCUT2D eigenvalue weighted by atomic mass is 9.95. The summed E-state index contributed by atoms with van der Waals surface area (Å²) in [5, 5.41) is 14.7. The van der Waals surface area contributed by atoms with Crippen molar-refractivity contribution in [3.63, 3.8) is 0 Å². The Morgan fingerprint density at radius 1 is 1.17 bits per heavy atom. The monoisotopic (exact) mass is 480 g/mol. The van der Waals surface area contributed by atoms with E-state index in [1.54, 1.807) is 19.3 Å². The summed E-state index contributed by atoms with van der Waals surface area (Å²) in [6, 6.07) is 10.0. The van der Waals surface area contributed by atoms with Crippen LogP contribution in [0.25, 0.3) is 11.1 Å². The average molecular weight is 480 g/mol. The molecule has 0 saturated carbocycles. The van der Waals surface area contributed by atoms with Crippen LogP contribution in [0.2, 0.25) is 0 Å². The standard InChI is InChI=1S/C25H23F3N6O/c1-14(7-23-32-30-13-33(23)3)16-5-4-6-18(8-16)34-12-21-19(24(34)35)9-17(10-22(21)25(26,27)28)20-11-29-31-15(20)2/h4-6,8-11,13-14H,7,12H2,1-3H3,(H,29,31). The molecule has 2 aromatic heterocycles. The van der Waals surface area contributed by atoms with Crippen LogP contribution in [-0.4, -0.2) is 30.9 Å². The second-order valence-corrected chi connectivity index (χ2v) is 8.91. The van der Waals surface area contributed by atoms with Gasteiger partial charge in [-0.1, -0.05) is 19.1 Å². The van der Waals surface area contributed by atoms with Crippen LogP contribution in [0.5, 0.6) is 0 Å². The van der Waals surface area contributed by atoms with E-state index in [0.717, 1.165) is 17.5 Å². The summed E-state index contributed by atoms with van der Waals surface area (Å²) in [6.45, 7) is 3.62. The topological polar surface area (TPSA) is 79.7 Å². The van der Waals surface area contributed by atoms with Crippen LogP contribution in [-0.2, 0) is 26.2 Å². The fraction of sp³-hybridized carbons (Fsp3) is 0.280. The average Bonchev–Trinajstić information content (AvgIpc) is 3.52. The van der Waals surface area contributed by atoms with Crippen molar-refractivity contribution in [1.82, 2.24) is 25.0 Å². The van der Waals surface area contributed by atoms with Crippen molar-refractivity contribution < 1.29 is 18.0 Å². The lowest BCUT2D eigenvalue weighted by Crippen LogP contribution is -2.23. The normalized spacial score (nSPS) is 14.5. The Labute approximate surface area is 199 Å². The van der Waals surface area contributed by atoms with E-state index in [9.17, 15) is 18.0 Å². The summed E-state index contributed by atoms with van der Waals surface area (Å²) in [5.41, 5.74) is 2.24. The number of fused-ring (bicyclic) bond motifs is 1. The number of hydrogen-bond acceptors (Lipinski definition) is 4. The zero-order chi connectivity index (χ0) is 24.9. The highest BCUT2D eigenvalue weighted by Gasteiger charge is 2.40. The molecule has 1 amide bonds. The predicted octanol–water partition coefficient (Wildman–Crippen LogP) is 5.04. The van der Waals surface area contributed by atoms with Crippen molar-refractivity contribution in [2.45, 2.75) is 38.9 Å². The van der Waals surface area contributed by atoms with Crippen molar-refractivity contribution in [2.24, 2.45) is 7.05 Å². The van der Waals surface area contributed by atoms with Crippen LogP contribution in [0.1, 0.15) is 51.4 Å². The zero-order valence-corrected chi connectivity index (χ0v) is 19.4. The third-order valence-corrected chi connectivity index (χ3v) is 6.53. The highest BCUT2D eigenvalue weighted by Crippen LogP contribution is 2.42. The number of benzene rings is 2. The van der Waals surface area contributed by atoms with Gasteiger partial charge in [0.2, 0.25) is 0 Å². The molecule has 5 rings (SSSR count). The predicted molar refractivity (Wildman–Crippen MR) is 124 cm³/mol. The second kappa shape index (κ2) is 8.37. The lowest BCUT2D eigenvalue weighted by Gasteiger charge is -2.19. The number of H-pyrrole nitrogens is 1. The number of nitrogens with zero attached hydrogens (tertiary/aromatic N) is 5. The maximum atomic E-state index is 14.0. The minimum Gasteiger partial charge on any atom is -0.321 e. The molecule has 2 aromatic carbocycles. The number of carbonyl (C=O) groups is 1. The van der Waals surface area contributed by atoms with E-state index in [2.05, 4.69) is 20.4 Å². The fourth-order valence-electron chi connectivity index (χ4n) is 4.55. The summed E-state index contributed by atoms with van der Waals surface area (Å²) in [6.07, 6.45) is -0.854. The minimum absolute atomic E-state index is 0.00932. The number of alkyl halides is 3. The second-order valence-electron chi connectivity index (χ2n) is 8.91. The van der Waals surface area contributed by atoms with Crippen LogP contribution in [0.3, 0.4) is 0 Å². The molecule has 0 fully saturated rings. The molecule has 0 bridgehead atoms. The minimum atomic E-state index is -4.60. The van der Waals surface area contributed by atoms with E-state index in [0.29, 0.717) is 28.9 Å². The van der Waals surface area contributed by atoms with Gasteiger partial charge in [0.15, 0.2) is 0 Å². The Bertz CT molecular complexity index is 1420. The van der Waals surface area contributed by atoms with E-state index in [-0.39, 0.29) is 23.6 Å². The first-order valence-corrected chi connectivity index (χ1v) is 11.1. The molecule has 1 atom stereocenters. The molecule has 1 aliphatic rings. The van der Waals surface area contributed by atoms with Crippen LogP contribution < -0.4 is 4.90 Å². The van der Waals surface area contributed by atoms with E-state index in [1.807, 2.05) is 36.7 Å². The summed E-state index contributed by atoms with van der Waals surface area (Å²) in [7, 11) is 1.87. The van der Waals surface area contributed by atoms with E-state index in [1.165, 1.54) is 17.2 Å². The first kappa shape index (κ1) is 22.8. The maximum absolute atomic E-state index is 14.0. The molecule has 0 saturated heterocycles. The fourth-order valence-corrected chi connectivity index (χ4v) is 4.55. The van der Waals surface area contributed by atoms with Gasteiger partial charge in [-0.3, -0.25) is 9.89 Å². The van der Waals surface area contributed by atoms with Crippen LogP contribution in [0.15, 0.2) is 48.9 Å². The molecule has 4 aromatic rings. The first-order valence-electron chi connectivity index (χ1n) is 11.1. The number of carbonyl (C=O) groups excluding carboxylic acids is 1. The Hall–Kier alpha value is -3.95. The third-order valence-electron chi connectivity index (χ3n) is 6.53. The van der Waals surface area contributed by atoms with Gasteiger partial charge in [0.05, 0.1) is 18.3 Å². The van der Waals surface area contributed by atoms with Gasteiger partial charge in [-0.15, -0.1) is 10.2 Å². The highest BCUT2D eigenvalue weighted by atomic mass is 19.4. The van der Waals surface area contributed by atoms with Crippen molar-refractivity contribution in [2.75, 3.05) is 4.90 Å². The van der Waals surface area contributed by atoms with E-state index < -0.39 is 17.6 Å². The molecule has 180 valence electrons. The maximum Gasteiger partial charge on any atom is 0.416 e. The van der Waals surface area contributed by atoms with Crippen molar-refractivity contribution in [3.8, 4) is 11.1 Å². The molecule has 0 aliphatic carbocycles. The Morgan fingerprint density at radius 2 is 1.97 bits per heavy atom. The van der Waals surface area contributed by atoms with Crippen molar-refractivity contribution >= 4 is 11.6 Å². The summed E-state index contributed by atoms with van der Waals surface area (Å²) in [5.74, 6) is 0.440. The number of amides is 1. The lowest BCUT2D eigenvalue weighted by molar-refractivity contribution is -0.138. The number of hydrogen-bond donors (Lipinski definition) is 1. The molecule has 10 heteroatoms. The summed E-state index contributed by atoms with van der Waals surface area (Å²) >= 11 is 0. The van der Waals surface area contributed by atoms with Crippen molar-refractivity contribution in [1.29, 1.82) is 0 Å². The number of aromatic nitrogens is 5. The largest absolute Gasteiger partial charge is 0.416 e. The smallest absolute Gasteiger partial charge is 0.321 e. The highest BCUT2D eigenvalue weighted by molar-refractivity contribution is 6.11. The van der Waals surface area contributed by atoms with Crippen LogP contribution in [0.4, 0.5) is 18.9 Å². The summed E-state index contributed by atoms with van der Waals surface area (Å²) in [4.78, 5) is 14.8. The molecule has 0 spiro atoms. The number of nitrogens with one attached hydrogen (secondary N) is 1. The Balaban J connectivity index is 1.50. The van der Waals surface area contributed by atoms with Gasteiger partial charge in [-0.2, -0.15) is 18.3 Å². The molecule has 3 heterocycles. The van der Waals surface area contributed by atoms with Gasteiger partial charge >= 0.3 is 6.18 Å². The number of aromatic amines is 1. The Morgan fingerprint density at radius 3 is 2.63 bits per heavy atom. The number of anilines is 1. The molecule has 0 radical (unpaired) electrons. The molecule has 1 N–H and O–H groups in total. The zero-order valence-electron chi connectivity index (χ0n) is 19.4. The third kappa shape index (κ3) is 4.09. The van der Waals surface area contributed by atoms with Gasteiger partial charge in [0.25, 0.3) is 5.91 Å². The molecule has 7 nitrogen and oxygen atoms in total. The van der Waals surface area contributed by atoms with Crippen LogP contribution in [0, 0.1) is 6.92 Å². The van der Waals surface area contributed by atoms with Gasteiger partial charge < -0.3 is 9.47 Å². The van der Waals surface area contributed by atoms with Gasteiger partial charge in [-0.05, 0) is 53.8 Å². The Kier molecular flexibility index (Phi) is 5.46. The number of halogens is 3.